The molecule has 1 fully saturated rings. The Bertz CT molecular complexity index is 1370. The SMILES string of the molecule is COc1ccc(-c2nc3ccc(C(=O)NCCN4CCNCC4)cc3nc2-c2ccc(OC)cc2)cc1. The van der Waals surface area contributed by atoms with Crippen LogP contribution in [0.2, 0.25) is 0 Å². The molecule has 1 aromatic heterocycles. The first-order valence-electron chi connectivity index (χ1n) is 12.5. The van der Waals surface area contributed by atoms with Crippen molar-refractivity contribution in [3.8, 4) is 34.0 Å². The van der Waals surface area contributed by atoms with E-state index in [1.807, 2.05) is 66.7 Å². The molecule has 0 spiro atoms. The molecule has 8 nitrogen and oxygen atoms in total. The van der Waals surface area contributed by atoms with Gasteiger partial charge in [-0.1, -0.05) is 0 Å². The predicted molar refractivity (Wildman–Crippen MR) is 145 cm³/mol. The lowest BCUT2D eigenvalue weighted by molar-refractivity contribution is 0.0947. The standard InChI is InChI=1S/C29H31N5O3/c1-36-23-8-3-20(4-9-23)27-28(21-5-10-24(37-2)11-6-21)33-26-19-22(7-12-25(26)32-27)29(35)31-15-18-34-16-13-30-14-17-34/h3-12,19,30H,13-18H2,1-2H3,(H,31,35). The lowest BCUT2D eigenvalue weighted by Gasteiger charge is -2.27. The Hall–Kier alpha value is -4.01. The highest BCUT2D eigenvalue weighted by molar-refractivity contribution is 5.98. The number of carbonyl (C=O) groups excluding carboxylic acids is 1. The average Bonchev–Trinajstić information content (AvgIpc) is 2.97. The van der Waals surface area contributed by atoms with Crippen LogP contribution < -0.4 is 20.1 Å². The Morgan fingerprint density at radius 3 is 1.97 bits per heavy atom. The zero-order valence-electron chi connectivity index (χ0n) is 21.2. The van der Waals surface area contributed by atoms with Gasteiger partial charge in [-0.15, -0.1) is 0 Å². The average molecular weight is 498 g/mol. The van der Waals surface area contributed by atoms with Crippen molar-refractivity contribution >= 4 is 16.9 Å². The van der Waals surface area contributed by atoms with Gasteiger partial charge in [-0.2, -0.15) is 0 Å². The highest BCUT2D eigenvalue weighted by atomic mass is 16.5. The molecule has 0 radical (unpaired) electrons. The van der Waals surface area contributed by atoms with E-state index in [1.165, 1.54) is 0 Å². The maximum Gasteiger partial charge on any atom is 0.251 e. The Morgan fingerprint density at radius 1 is 0.838 bits per heavy atom. The number of fused-ring (bicyclic) bond motifs is 1. The Balaban J connectivity index is 1.46. The summed E-state index contributed by atoms with van der Waals surface area (Å²) in [6.07, 6.45) is 0. The zero-order valence-corrected chi connectivity index (χ0v) is 21.2. The van der Waals surface area contributed by atoms with Crippen LogP contribution in [0.15, 0.2) is 66.7 Å². The van der Waals surface area contributed by atoms with E-state index < -0.39 is 0 Å². The number of carbonyl (C=O) groups is 1. The minimum atomic E-state index is -0.107. The fourth-order valence-electron chi connectivity index (χ4n) is 4.46. The smallest absolute Gasteiger partial charge is 0.251 e. The molecular weight excluding hydrogens is 466 g/mol. The Morgan fingerprint density at radius 2 is 1.41 bits per heavy atom. The molecule has 4 aromatic rings. The third-order valence-corrected chi connectivity index (χ3v) is 6.58. The van der Waals surface area contributed by atoms with E-state index in [1.54, 1.807) is 14.2 Å². The van der Waals surface area contributed by atoms with E-state index in [0.29, 0.717) is 17.6 Å². The van der Waals surface area contributed by atoms with Crippen molar-refractivity contribution < 1.29 is 14.3 Å². The van der Waals surface area contributed by atoms with Crippen molar-refractivity contribution in [1.29, 1.82) is 0 Å². The van der Waals surface area contributed by atoms with Crippen LogP contribution in [0.5, 0.6) is 11.5 Å². The Kier molecular flexibility index (Phi) is 7.58. The second-order valence-electron chi connectivity index (χ2n) is 8.93. The molecule has 3 aromatic carbocycles. The van der Waals surface area contributed by atoms with E-state index >= 15 is 0 Å². The molecule has 0 unspecified atom stereocenters. The molecule has 1 amide bonds. The molecule has 0 bridgehead atoms. The van der Waals surface area contributed by atoms with E-state index in [9.17, 15) is 4.79 Å². The summed E-state index contributed by atoms with van der Waals surface area (Å²) in [6, 6.07) is 21.0. The van der Waals surface area contributed by atoms with Crippen LogP contribution in [0.25, 0.3) is 33.5 Å². The fraction of sp³-hybridized carbons (Fsp3) is 0.276. The van der Waals surface area contributed by atoms with Gasteiger partial charge in [0.1, 0.15) is 11.5 Å². The molecule has 1 aliphatic rings. The quantitative estimate of drug-likeness (QED) is 0.384. The third kappa shape index (κ3) is 5.71. The maximum absolute atomic E-state index is 12.9. The Labute approximate surface area is 216 Å². The number of aromatic nitrogens is 2. The summed E-state index contributed by atoms with van der Waals surface area (Å²) in [5.74, 6) is 1.43. The second kappa shape index (κ2) is 11.4. The van der Waals surface area contributed by atoms with Gasteiger partial charge >= 0.3 is 0 Å². The van der Waals surface area contributed by atoms with Gasteiger partial charge in [0.2, 0.25) is 0 Å². The lowest BCUT2D eigenvalue weighted by atomic mass is 10.0. The largest absolute Gasteiger partial charge is 0.497 e. The van der Waals surface area contributed by atoms with E-state index in [2.05, 4.69) is 15.5 Å². The van der Waals surface area contributed by atoms with Gasteiger partial charge in [-0.25, -0.2) is 9.97 Å². The summed E-state index contributed by atoms with van der Waals surface area (Å²) in [7, 11) is 3.29. The van der Waals surface area contributed by atoms with Crippen LogP contribution in [0.4, 0.5) is 0 Å². The number of amides is 1. The number of methoxy groups -OCH3 is 2. The van der Waals surface area contributed by atoms with Crippen molar-refractivity contribution in [3.05, 3.63) is 72.3 Å². The number of ether oxygens (including phenoxy) is 2. The van der Waals surface area contributed by atoms with Crippen LogP contribution in [0, 0.1) is 0 Å². The number of rotatable bonds is 8. The number of benzene rings is 3. The summed E-state index contributed by atoms with van der Waals surface area (Å²) in [5.41, 5.74) is 5.28. The van der Waals surface area contributed by atoms with Crippen molar-refractivity contribution in [2.24, 2.45) is 0 Å². The van der Waals surface area contributed by atoms with E-state index in [4.69, 9.17) is 19.4 Å². The molecule has 1 aliphatic heterocycles. The lowest BCUT2D eigenvalue weighted by Crippen LogP contribution is -2.46. The van der Waals surface area contributed by atoms with Crippen LogP contribution in [-0.2, 0) is 0 Å². The van der Waals surface area contributed by atoms with Gasteiger partial charge in [0, 0.05) is 56.0 Å². The number of hydrogen-bond donors (Lipinski definition) is 2. The minimum Gasteiger partial charge on any atom is -0.497 e. The number of nitrogens with zero attached hydrogens (tertiary/aromatic N) is 3. The monoisotopic (exact) mass is 497 g/mol. The highest BCUT2D eigenvalue weighted by Gasteiger charge is 2.16. The zero-order chi connectivity index (χ0) is 25.6. The van der Waals surface area contributed by atoms with Gasteiger partial charge in [-0.05, 0) is 66.7 Å². The van der Waals surface area contributed by atoms with Crippen LogP contribution >= 0.6 is 0 Å². The number of piperazine rings is 1. The maximum atomic E-state index is 12.9. The molecule has 2 N–H and O–H groups in total. The molecule has 2 heterocycles. The fourth-order valence-corrected chi connectivity index (χ4v) is 4.46. The summed E-state index contributed by atoms with van der Waals surface area (Å²) in [5, 5.41) is 6.39. The minimum absolute atomic E-state index is 0.107. The van der Waals surface area contributed by atoms with Gasteiger partial charge < -0.3 is 20.1 Å². The summed E-state index contributed by atoms with van der Waals surface area (Å²) < 4.78 is 10.6. The topological polar surface area (TPSA) is 88.6 Å². The highest BCUT2D eigenvalue weighted by Crippen LogP contribution is 2.33. The summed E-state index contributed by atoms with van der Waals surface area (Å²) in [6.45, 7) is 5.45. The third-order valence-electron chi connectivity index (χ3n) is 6.58. The van der Waals surface area contributed by atoms with Gasteiger partial charge in [0.15, 0.2) is 0 Å². The molecule has 190 valence electrons. The van der Waals surface area contributed by atoms with Crippen molar-refractivity contribution in [2.75, 3.05) is 53.5 Å². The van der Waals surface area contributed by atoms with Crippen molar-refractivity contribution in [3.63, 3.8) is 0 Å². The first-order chi connectivity index (χ1) is 18.1. The first-order valence-corrected chi connectivity index (χ1v) is 12.5. The second-order valence-corrected chi connectivity index (χ2v) is 8.93. The van der Waals surface area contributed by atoms with Crippen LogP contribution in [0.3, 0.4) is 0 Å². The van der Waals surface area contributed by atoms with Gasteiger partial charge in [-0.3, -0.25) is 9.69 Å². The van der Waals surface area contributed by atoms with Gasteiger partial charge in [0.25, 0.3) is 5.91 Å². The van der Waals surface area contributed by atoms with Crippen molar-refractivity contribution in [2.45, 2.75) is 0 Å². The predicted octanol–water partition coefficient (Wildman–Crippen LogP) is 3.62. The molecule has 0 atom stereocenters. The summed E-state index contributed by atoms with van der Waals surface area (Å²) in [4.78, 5) is 25.2. The molecule has 37 heavy (non-hydrogen) atoms. The molecule has 0 saturated carbocycles. The number of nitrogens with one attached hydrogen (secondary N) is 2. The summed E-state index contributed by atoms with van der Waals surface area (Å²) >= 11 is 0. The molecule has 1 saturated heterocycles. The molecule has 8 heteroatoms. The van der Waals surface area contributed by atoms with Crippen LogP contribution in [0.1, 0.15) is 10.4 Å². The number of hydrogen-bond acceptors (Lipinski definition) is 7. The van der Waals surface area contributed by atoms with E-state index in [-0.39, 0.29) is 5.91 Å². The molecular formula is C29H31N5O3. The molecule has 0 aliphatic carbocycles. The van der Waals surface area contributed by atoms with Crippen LogP contribution in [-0.4, -0.2) is 74.3 Å². The van der Waals surface area contributed by atoms with Crippen molar-refractivity contribution in [1.82, 2.24) is 25.5 Å². The molecule has 5 rings (SSSR count). The van der Waals surface area contributed by atoms with E-state index in [0.717, 1.165) is 72.3 Å². The normalized spacial score (nSPS) is 13.9. The van der Waals surface area contributed by atoms with Gasteiger partial charge in [0.05, 0.1) is 36.6 Å². The first kappa shape index (κ1) is 24.7.